The Morgan fingerprint density at radius 1 is 1.58 bits per heavy atom. The molecule has 0 unspecified atom stereocenters. The average Bonchev–Trinajstić information content (AvgIpc) is 2.07. The molecule has 1 aromatic heterocycles. The third-order valence-electron chi connectivity index (χ3n) is 1.38. The summed E-state index contributed by atoms with van der Waals surface area (Å²) in [6.45, 7) is 7.37. The number of nitrogens with zero attached hydrogens (tertiary/aromatic N) is 2. The van der Waals surface area contributed by atoms with Gasteiger partial charge in [-0.25, -0.2) is 0 Å². The fourth-order valence-electron chi connectivity index (χ4n) is 0.979. The zero-order chi connectivity index (χ0) is 9.35. The molecular formula is C8H14BrN3. The van der Waals surface area contributed by atoms with Crippen LogP contribution in [-0.2, 0) is 6.54 Å². The maximum Gasteiger partial charge on any atom is 0.159 e. The highest BCUT2D eigenvalue weighted by Crippen LogP contribution is 2.20. The molecule has 2 N–H and O–H groups in total. The fourth-order valence-corrected chi connectivity index (χ4v) is 1.29. The van der Waals surface area contributed by atoms with Crippen LogP contribution in [0.3, 0.4) is 0 Å². The van der Waals surface area contributed by atoms with Crippen molar-refractivity contribution in [3.8, 4) is 0 Å². The molecule has 12 heavy (non-hydrogen) atoms. The lowest BCUT2D eigenvalue weighted by Gasteiger charge is -2.17. The first-order valence-electron chi connectivity index (χ1n) is 3.87. The second kappa shape index (κ2) is 3.09. The third kappa shape index (κ3) is 2.52. The highest BCUT2D eigenvalue weighted by molar-refractivity contribution is 9.10. The number of halogens is 1. The Morgan fingerprint density at radius 3 is 2.50 bits per heavy atom. The Labute approximate surface area is 81.1 Å². The van der Waals surface area contributed by atoms with Gasteiger partial charge < -0.3 is 5.73 Å². The molecule has 4 heteroatoms. The van der Waals surface area contributed by atoms with Gasteiger partial charge in [-0.15, -0.1) is 0 Å². The number of hydrogen-bond donors (Lipinski definition) is 1. The van der Waals surface area contributed by atoms with Crippen LogP contribution >= 0.6 is 15.9 Å². The fraction of sp³-hybridized carbons (Fsp3) is 0.625. The van der Waals surface area contributed by atoms with Crippen molar-refractivity contribution in [3.63, 3.8) is 0 Å². The number of rotatable bonds is 1. The first-order valence-corrected chi connectivity index (χ1v) is 4.66. The molecule has 0 aliphatic carbocycles. The SMILES string of the molecule is CC(C)(C)Cn1cc(Br)c(N)n1. The molecule has 0 aliphatic heterocycles. The molecule has 0 spiro atoms. The minimum Gasteiger partial charge on any atom is -0.381 e. The summed E-state index contributed by atoms with van der Waals surface area (Å²) in [7, 11) is 0. The van der Waals surface area contributed by atoms with Crippen molar-refractivity contribution >= 4 is 21.7 Å². The number of nitrogens with two attached hydrogens (primary N) is 1. The molecule has 0 aromatic carbocycles. The average molecular weight is 232 g/mol. The van der Waals surface area contributed by atoms with E-state index in [-0.39, 0.29) is 5.41 Å². The first kappa shape index (κ1) is 9.58. The van der Waals surface area contributed by atoms with Gasteiger partial charge in [0.05, 0.1) is 4.47 Å². The van der Waals surface area contributed by atoms with E-state index in [1.807, 2.05) is 10.9 Å². The molecule has 1 rings (SSSR count). The van der Waals surface area contributed by atoms with Gasteiger partial charge in [0.15, 0.2) is 5.82 Å². The molecule has 0 saturated heterocycles. The maximum absolute atomic E-state index is 5.58. The Kier molecular flexibility index (Phi) is 2.46. The molecule has 0 amide bonds. The van der Waals surface area contributed by atoms with Crippen molar-refractivity contribution in [2.75, 3.05) is 5.73 Å². The van der Waals surface area contributed by atoms with Gasteiger partial charge in [-0.05, 0) is 21.3 Å². The van der Waals surface area contributed by atoms with Crippen LogP contribution in [-0.4, -0.2) is 9.78 Å². The highest BCUT2D eigenvalue weighted by atomic mass is 79.9. The summed E-state index contributed by atoms with van der Waals surface area (Å²) >= 11 is 3.32. The van der Waals surface area contributed by atoms with Gasteiger partial charge in [-0.2, -0.15) is 5.10 Å². The zero-order valence-corrected chi connectivity index (χ0v) is 9.22. The van der Waals surface area contributed by atoms with E-state index in [4.69, 9.17) is 5.73 Å². The summed E-state index contributed by atoms with van der Waals surface area (Å²) in [5.41, 5.74) is 5.81. The van der Waals surface area contributed by atoms with E-state index >= 15 is 0 Å². The molecule has 0 fully saturated rings. The summed E-state index contributed by atoms with van der Waals surface area (Å²) in [6.07, 6.45) is 1.90. The second-order valence-electron chi connectivity index (χ2n) is 4.12. The highest BCUT2D eigenvalue weighted by Gasteiger charge is 2.12. The normalized spacial score (nSPS) is 12.0. The van der Waals surface area contributed by atoms with Crippen LogP contribution in [0.15, 0.2) is 10.7 Å². The molecular weight excluding hydrogens is 218 g/mol. The zero-order valence-electron chi connectivity index (χ0n) is 7.63. The van der Waals surface area contributed by atoms with Crippen LogP contribution in [0.1, 0.15) is 20.8 Å². The number of hydrogen-bond acceptors (Lipinski definition) is 2. The van der Waals surface area contributed by atoms with Gasteiger partial charge >= 0.3 is 0 Å². The summed E-state index contributed by atoms with van der Waals surface area (Å²) < 4.78 is 2.73. The summed E-state index contributed by atoms with van der Waals surface area (Å²) in [5.74, 6) is 0.555. The van der Waals surface area contributed by atoms with E-state index in [1.54, 1.807) is 0 Å². The lowest BCUT2D eigenvalue weighted by Crippen LogP contribution is -2.15. The van der Waals surface area contributed by atoms with Crippen LogP contribution in [0.25, 0.3) is 0 Å². The largest absolute Gasteiger partial charge is 0.381 e. The standard InChI is InChI=1S/C8H14BrN3/c1-8(2,3)5-12-4-6(9)7(10)11-12/h4H,5H2,1-3H3,(H2,10,11). The lowest BCUT2D eigenvalue weighted by molar-refractivity contribution is 0.326. The molecule has 68 valence electrons. The molecule has 0 bridgehead atoms. The smallest absolute Gasteiger partial charge is 0.159 e. The minimum absolute atomic E-state index is 0.234. The van der Waals surface area contributed by atoms with Crippen molar-refractivity contribution < 1.29 is 0 Å². The number of anilines is 1. The Balaban J connectivity index is 2.77. The number of aromatic nitrogens is 2. The quantitative estimate of drug-likeness (QED) is 0.807. The van der Waals surface area contributed by atoms with E-state index in [0.29, 0.717) is 5.82 Å². The van der Waals surface area contributed by atoms with Crippen LogP contribution in [0.5, 0.6) is 0 Å². The van der Waals surface area contributed by atoms with Gasteiger partial charge in [0, 0.05) is 12.7 Å². The van der Waals surface area contributed by atoms with Crippen molar-refractivity contribution in [1.29, 1.82) is 0 Å². The van der Waals surface area contributed by atoms with Crippen LogP contribution in [0.2, 0.25) is 0 Å². The Bertz CT molecular complexity index is 253. The Hall–Kier alpha value is -0.510. The predicted octanol–water partition coefficient (Wildman–Crippen LogP) is 2.27. The van der Waals surface area contributed by atoms with E-state index in [9.17, 15) is 0 Å². The minimum atomic E-state index is 0.234. The Morgan fingerprint density at radius 2 is 2.17 bits per heavy atom. The molecule has 0 radical (unpaired) electrons. The van der Waals surface area contributed by atoms with Gasteiger partial charge in [0.2, 0.25) is 0 Å². The van der Waals surface area contributed by atoms with Gasteiger partial charge in [0.25, 0.3) is 0 Å². The predicted molar refractivity (Wildman–Crippen MR) is 53.8 cm³/mol. The molecule has 1 heterocycles. The number of nitrogen functional groups attached to an aromatic ring is 1. The van der Waals surface area contributed by atoms with Gasteiger partial charge in [-0.1, -0.05) is 20.8 Å². The lowest BCUT2D eigenvalue weighted by atomic mass is 9.97. The first-order chi connectivity index (χ1) is 5.38. The second-order valence-corrected chi connectivity index (χ2v) is 4.97. The van der Waals surface area contributed by atoms with Crippen LogP contribution < -0.4 is 5.73 Å². The molecule has 0 atom stereocenters. The van der Waals surface area contributed by atoms with Gasteiger partial charge in [0.1, 0.15) is 0 Å². The summed E-state index contributed by atoms with van der Waals surface area (Å²) in [4.78, 5) is 0. The molecule has 1 aromatic rings. The topological polar surface area (TPSA) is 43.8 Å². The third-order valence-corrected chi connectivity index (χ3v) is 1.99. The molecule has 3 nitrogen and oxygen atoms in total. The van der Waals surface area contributed by atoms with Crippen molar-refractivity contribution in [3.05, 3.63) is 10.7 Å². The van der Waals surface area contributed by atoms with Crippen molar-refractivity contribution in [1.82, 2.24) is 9.78 Å². The monoisotopic (exact) mass is 231 g/mol. The molecule has 0 aliphatic rings. The van der Waals surface area contributed by atoms with E-state index in [0.717, 1.165) is 11.0 Å². The van der Waals surface area contributed by atoms with Gasteiger partial charge in [-0.3, -0.25) is 4.68 Å². The summed E-state index contributed by atoms with van der Waals surface area (Å²) in [5, 5.41) is 4.14. The molecule has 0 saturated carbocycles. The van der Waals surface area contributed by atoms with E-state index in [1.165, 1.54) is 0 Å². The van der Waals surface area contributed by atoms with E-state index < -0.39 is 0 Å². The summed E-state index contributed by atoms with van der Waals surface area (Å²) in [6, 6.07) is 0. The van der Waals surface area contributed by atoms with E-state index in [2.05, 4.69) is 41.8 Å². The van der Waals surface area contributed by atoms with Crippen LogP contribution in [0.4, 0.5) is 5.82 Å². The van der Waals surface area contributed by atoms with Crippen LogP contribution in [0, 0.1) is 5.41 Å². The van der Waals surface area contributed by atoms with Crippen molar-refractivity contribution in [2.45, 2.75) is 27.3 Å². The maximum atomic E-state index is 5.58. The van der Waals surface area contributed by atoms with Crippen molar-refractivity contribution in [2.24, 2.45) is 5.41 Å².